The van der Waals surface area contributed by atoms with Gasteiger partial charge in [-0.15, -0.1) is 0 Å². The molecule has 0 fully saturated rings. The highest BCUT2D eigenvalue weighted by Gasteiger charge is 2.18. The predicted octanol–water partition coefficient (Wildman–Crippen LogP) is 2.11. The normalized spacial score (nSPS) is 11.8. The van der Waals surface area contributed by atoms with E-state index in [0.29, 0.717) is 0 Å². The van der Waals surface area contributed by atoms with Gasteiger partial charge < -0.3 is 21.9 Å². The van der Waals surface area contributed by atoms with Crippen molar-refractivity contribution in [2.24, 2.45) is 0 Å². The number of nitrogen functional groups attached to an aromatic ring is 2. The van der Waals surface area contributed by atoms with Crippen LogP contribution >= 0.6 is 23.4 Å². The number of carbonyl (C=O) groups excluding carboxylic acids is 1. The molecule has 126 valence electrons. The zero-order valence-corrected chi connectivity index (χ0v) is 14.1. The number of hydrogen-bond donors (Lipinski definition) is 4. The van der Waals surface area contributed by atoms with Crippen LogP contribution in [0.2, 0.25) is 5.02 Å². The molecule has 0 saturated heterocycles. The number of benzene rings is 1. The van der Waals surface area contributed by atoms with Crippen LogP contribution < -0.4 is 16.8 Å². The molecule has 0 aliphatic carbocycles. The molecule has 0 radical (unpaired) electrons. The molecular weight excluding hydrogens is 354 g/mol. The lowest BCUT2D eigenvalue weighted by Crippen LogP contribution is -2.23. The van der Waals surface area contributed by atoms with Crippen LogP contribution in [0.25, 0.3) is 0 Å². The fraction of sp³-hybridized carbons (Fsp3) is 0.143. The van der Waals surface area contributed by atoms with E-state index in [4.69, 9.17) is 28.2 Å². The molecule has 0 saturated carbocycles. The summed E-state index contributed by atoms with van der Waals surface area (Å²) in [6.45, 7) is 1.64. The average Bonchev–Trinajstić information content (AvgIpc) is 2.48. The van der Waals surface area contributed by atoms with E-state index >= 15 is 0 Å². The Morgan fingerprint density at radius 1 is 1.25 bits per heavy atom. The topological polar surface area (TPSA) is 144 Å². The standard InChI is InChI=1S/C14H14ClN5O3S/c1-6(24-14-19-10(16)5-11(17)20-14)12(21)18-9-4-7(13(22)23)2-3-8(9)15/h2-6H,1H3,(H,18,21)(H,22,23)(H4,16,17,19,20). The second-order valence-corrected chi connectivity index (χ2v) is 6.46. The van der Waals surface area contributed by atoms with E-state index in [0.717, 1.165) is 11.8 Å². The van der Waals surface area contributed by atoms with Crippen LogP contribution in [0.1, 0.15) is 17.3 Å². The molecule has 10 heteroatoms. The summed E-state index contributed by atoms with van der Waals surface area (Å²) >= 11 is 7.04. The fourth-order valence-corrected chi connectivity index (χ4v) is 2.68. The summed E-state index contributed by atoms with van der Waals surface area (Å²) in [6, 6.07) is 5.45. The molecule has 1 atom stereocenters. The Morgan fingerprint density at radius 3 is 2.46 bits per heavy atom. The number of carboxylic acid groups (broad SMARTS) is 1. The summed E-state index contributed by atoms with van der Waals surface area (Å²) in [5.74, 6) is -1.10. The van der Waals surface area contributed by atoms with Crippen LogP contribution in [0.4, 0.5) is 17.3 Å². The maximum atomic E-state index is 12.3. The van der Waals surface area contributed by atoms with E-state index in [9.17, 15) is 9.59 Å². The molecule has 1 aromatic carbocycles. The zero-order valence-electron chi connectivity index (χ0n) is 12.5. The average molecular weight is 368 g/mol. The minimum Gasteiger partial charge on any atom is -0.478 e. The molecule has 0 spiro atoms. The van der Waals surface area contributed by atoms with Crippen LogP contribution in [0.15, 0.2) is 29.4 Å². The van der Waals surface area contributed by atoms with E-state index in [1.54, 1.807) is 6.92 Å². The molecule has 1 heterocycles. The van der Waals surface area contributed by atoms with Crippen molar-refractivity contribution in [1.29, 1.82) is 0 Å². The largest absolute Gasteiger partial charge is 0.478 e. The summed E-state index contributed by atoms with van der Waals surface area (Å²) in [6.07, 6.45) is 0. The Balaban J connectivity index is 2.11. The predicted molar refractivity (Wildman–Crippen MR) is 93.2 cm³/mol. The number of nitrogens with one attached hydrogen (secondary N) is 1. The number of rotatable bonds is 5. The molecule has 24 heavy (non-hydrogen) atoms. The van der Waals surface area contributed by atoms with Crippen molar-refractivity contribution in [3.8, 4) is 0 Å². The van der Waals surface area contributed by atoms with Gasteiger partial charge in [0.05, 0.1) is 21.5 Å². The number of hydrogen-bond acceptors (Lipinski definition) is 7. The third-order valence-corrected chi connectivity index (χ3v) is 4.16. The highest BCUT2D eigenvalue weighted by atomic mass is 35.5. The van der Waals surface area contributed by atoms with Crippen molar-refractivity contribution in [3.63, 3.8) is 0 Å². The van der Waals surface area contributed by atoms with Crippen LogP contribution in [-0.4, -0.2) is 32.2 Å². The minimum absolute atomic E-state index is 0.0157. The van der Waals surface area contributed by atoms with Crippen molar-refractivity contribution >= 4 is 52.6 Å². The third kappa shape index (κ3) is 4.49. The van der Waals surface area contributed by atoms with E-state index in [2.05, 4.69) is 15.3 Å². The van der Waals surface area contributed by atoms with Gasteiger partial charge in [0.25, 0.3) is 0 Å². The number of carboxylic acids is 1. The molecule has 2 rings (SSSR count). The Kier molecular flexibility index (Phi) is 5.47. The Morgan fingerprint density at radius 2 is 1.88 bits per heavy atom. The first-order valence-electron chi connectivity index (χ1n) is 6.66. The number of thioether (sulfide) groups is 1. The third-order valence-electron chi connectivity index (χ3n) is 2.87. The lowest BCUT2D eigenvalue weighted by atomic mass is 10.2. The first-order valence-corrected chi connectivity index (χ1v) is 7.92. The van der Waals surface area contributed by atoms with Gasteiger partial charge in [0, 0.05) is 6.07 Å². The first kappa shape index (κ1) is 17.8. The van der Waals surface area contributed by atoms with Gasteiger partial charge in [0.1, 0.15) is 11.6 Å². The van der Waals surface area contributed by atoms with Crippen molar-refractivity contribution < 1.29 is 14.7 Å². The molecule has 1 unspecified atom stereocenters. The van der Waals surface area contributed by atoms with Crippen molar-refractivity contribution in [2.75, 3.05) is 16.8 Å². The van der Waals surface area contributed by atoms with E-state index in [1.165, 1.54) is 24.3 Å². The first-order chi connectivity index (χ1) is 11.3. The van der Waals surface area contributed by atoms with E-state index in [1.807, 2.05) is 0 Å². The van der Waals surface area contributed by atoms with Gasteiger partial charge in [-0.1, -0.05) is 23.4 Å². The summed E-state index contributed by atoms with van der Waals surface area (Å²) in [4.78, 5) is 31.2. The number of aromatic carboxylic acids is 1. The lowest BCUT2D eigenvalue weighted by Gasteiger charge is -2.13. The lowest BCUT2D eigenvalue weighted by molar-refractivity contribution is -0.115. The second kappa shape index (κ2) is 7.37. The monoisotopic (exact) mass is 367 g/mol. The van der Waals surface area contributed by atoms with E-state index < -0.39 is 17.1 Å². The molecule has 6 N–H and O–H groups in total. The van der Waals surface area contributed by atoms with Gasteiger partial charge in [-0.05, 0) is 25.1 Å². The van der Waals surface area contributed by atoms with Gasteiger partial charge in [-0.3, -0.25) is 4.79 Å². The Bertz CT molecular complexity index is 782. The number of halogens is 1. The number of anilines is 3. The maximum absolute atomic E-state index is 12.3. The summed E-state index contributed by atoms with van der Waals surface area (Å²) in [7, 11) is 0. The molecule has 0 aliphatic rings. The van der Waals surface area contributed by atoms with Gasteiger partial charge in [-0.2, -0.15) is 0 Å². The molecule has 0 bridgehead atoms. The smallest absolute Gasteiger partial charge is 0.335 e. The zero-order chi connectivity index (χ0) is 17.9. The minimum atomic E-state index is -1.12. The van der Waals surface area contributed by atoms with Crippen LogP contribution in [-0.2, 0) is 4.79 Å². The molecular formula is C14H14ClN5O3S. The number of nitrogens with zero attached hydrogens (tertiary/aromatic N) is 2. The van der Waals surface area contributed by atoms with E-state index in [-0.39, 0.29) is 33.1 Å². The number of nitrogens with two attached hydrogens (primary N) is 2. The molecule has 8 nitrogen and oxygen atoms in total. The Labute approximate surface area is 146 Å². The Hall–Kier alpha value is -2.52. The van der Waals surface area contributed by atoms with Gasteiger partial charge >= 0.3 is 5.97 Å². The molecule has 1 aromatic heterocycles. The second-order valence-electron chi connectivity index (χ2n) is 4.75. The highest BCUT2D eigenvalue weighted by Crippen LogP contribution is 2.26. The summed E-state index contributed by atoms with van der Waals surface area (Å²) in [5.41, 5.74) is 11.4. The van der Waals surface area contributed by atoms with Crippen LogP contribution in [0.3, 0.4) is 0 Å². The SMILES string of the molecule is CC(Sc1nc(N)cc(N)n1)C(=O)Nc1cc(C(=O)O)ccc1Cl. The van der Waals surface area contributed by atoms with Crippen LogP contribution in [0.5, 0.6) is 0 Å². The fourth-order valence-electron chi connectivity index (χ4n) is 1.71. The number of amides is 1. The molecule has 2 aromatic rings. The molecule has 1 amide bonds. The van der Waals surface area contributed by atoms with Crippen molar-refractivity contribution in [1.82, 2.24) is 9.97 Å². The quantitative estimate of drug-likeness (QED) is 0.464. The van der Waals surface area contributed by atoms with Gasteiger partial charge in [0.2, 0.25) is 5.91 Å². The highest BCUT2D eigenvalue weighted by molar-refractivity contribution is 8.00. The maximum Gasteiger partial charge on any atom is 0.335 e. The van der Waals surface area contributed by atoms with Crippen molar-refractivity contribution in [2.45, 2.75) is 17.3 Å². The number of aromatic nitrogens is 2. The van der Waals surface area contributed by atoms with Crippen molar-refractivity contribution in [3.05, 3.63) is 34.9 Å². The summed E-state index contributed by atoms with van der Waals surface area (Å²) in [5, 5.41) is 11.5. The molecule has 0 aliphatic heterocycles. The summed E-state index contributed by atoms with van der Waals surface area (Å²) < 4.78 is 0. The van der Waals surface area contributed by atoms with Crippen LogP contribution in [0, 0.1) is 0 Å². The number of carbonyl (C=O) groups is 2. The van der Waals surface area contributed by atoms with Gasteiger partial charge in [-0.25, -0.2) is 14.8 Å². The van der Waals surface area contributed by atoms with Gasteiger partial charge in [0.15, 0.2) is 5.16 Å².